The van der Waals surface area contributed by atoms with Gasteiger partial charge in [-0.3, -0.25) is 14.6 Å². The van der Waals surface area contributed by atoms with Crippen LogP contribution >= 0.6 is 0 Å². The van der Waals surface area contributed by atoms with E-state index in [1.165, 1.54) is 6.07 Å². The lowest BCUT2D eigenvalue weighted by Gasteiger charge is -2.35. The number of carbonyl (C=O) groups excluding carboxylic acids is 2. The zero-order valence-electron chi connectivity index (χ0n) is 14.1. The van der Waals surface area contributed by atoms with Crippen molar-refractivity contribution in [2.24, 2.45) is 4.99 Å². The number of aromatic hydroxyl groups is 2. The summed E-state index contributed by atoms with van der Waals surface area (Å²) in [4.78, 5) is 40.0. The number of nitrogens with zero attached hydrogens (tertiary/aromatic N) is 2. The minimum Gasteiger partial charge on any atom is -0.504 e. The van der Waals surface area contributed by atoms with Crippen molar-refractivity contribution in [3.05, 3.63) is 23.8 Å². The van der Waals surface area contributed by atoms with Crippen LogP contribution in [0.2, 0.25) is 0 Å². The Labute approximate surface area is 153 Å². The van der Waals surface area contributed by atoms with Crippen LogP contribution in [-0.2, 0) is 19.4 Å². The predicted octanol–water partition coefficient (Wildman–Crippen LogP) is -0.450. The molecule has 2 aliphatic rings. The van der Waals surface area contributed by atoms with Crippen LogP contribution in [0.15, 0.2) is 23.2 Å². The number of rotatable bonds is 5. The van der Waals surface area contributed by atoms with Crippen molar-refractivity contribution >= 4 is 33.7 Å². The highest BCUT2D eigenvalue weighted by Gasteiger charge is 2.69. The second-order valence-corrected chi connectivity index (χ2v) is 9.04. The fourth-order valence-electron chi connectivity index (χ4n) is 3.30. The summed E-state index contributed by atoms with van der Waals surface area (Å²) in [6.45, 7) is 0.660. The third-order valence-electron chi connectivity index (χ3n) is 4.85. The van der Waals surface area contributed by atoms with E-state index in [2.05, 4.69) is 4.99 Å². The molecular weight excluding hydrogens is 380 g/mol. The van der Waals surface area contributed by atoms with Gasteiger partial charge in [-0.1, -0.05) is 0 Å². The molecule has 2 heterocycles. The van der Waals surface area contributed by atoms with Gasteiger partial charge in [-0.15, -0.1) is 0 Å². The monoisotopic (exact) mass is 396 g/mol. The molecule has 0 aliphatic carbocycles. The quantitative estimate of drug-likeness (QED) is 0.261. The first-order valence-corrected chi connectivity index (χ1v) is 9.39. The zero-order chi connectivity index (χ0) is 20.1. The average molecular weight is 396 g/mol. The van der Waals surface area contributed by atoms with Crippen LogP contribution in [0.4, 0.5) is 0 Å². The predicted molar refractivity (Wildman–Crippen MR) is 91.5 cm³/mol. The summed E-state index contributed by atoms with van der Waals surface area (Å²) in [5, 5.41) is 26.9. The molecule has 10 nitrogen and oxygen atoms in total. The molecule has 3 rings (SSSR count). The van der Waals surface area contributed by atoms with Gasteiger partial charge in [0.25, 0.3) is 0 Å². The highest BCUT2D eigenvalue weighted by Crippen LogP contribution is 2.45. The summed E-state index contributed by atoms with van der Waals surface area (Å²) >= 11 is 0. The molecule has 2 saturated heterocycles. The highest BCUT2D eigenvalue weighted by atomic mass is 32.2. The number of aliphatic carboxylic acids is 1. The van der Waals surface area contributed by atoms with E-state index in [9.17, 15) is 38.1 Å². The van der Waals surface area contributed by atoms with E-state index in [0.29, 0.717) is 0 Å². The van der Waals surface area contributed by atoms with E-state index in [0.717, 1.165) is 30.2 Å². The number of sulfone groups is 1. The Morgan fingerprint density at radius 2 is 2.00 bits per heavy atom. The van der Waals surface area contributed by atoms with Crippen LogP contribution < -0.4 is 0 Å². The number of amides is 1. The van der Waals surface area contributed by atoms with E-state index >= 15 is 0 Å². The molecular formula is C16H16N2O8S. The third kappa shape index (κ3) is 2.65. The zero-order valence-corrected chi connectivity index (χ0v) is 14.9. The largest absolute Gasteiger partial charge is 0.504 e. The SMILES string of the molecule is C[C@]1(C=NCC(=O)c2ccc(O)c(O)c2)[C@H](C(=O)O)N2C(=O)C[C@H]2S1(=O)=O. The lowest BCUT2D eigenvalue weighted by atomic mass is 9.97. The number of fused-ring (bicyclic) bond motifs is 1. The summed E-state index contributed by atoms with van der Waals surface area (Å²) in [6, 6.07) is 1.79. The van der Waals surface area contributed by atoms with E-state index in [4.69, 9.17) is 0 Å². The molecule has 0 radical (unpaired) electrons. The van der Waals surface area contributed by atoms with Gasteiger partial charge in [-0.05, 0) is 25.1 Å². The van der Waals surface area contributed by atoms with Crippen LogP contribution in [0.25, 0.3) is 0 Å². The molecule has 0 aromatic heterocycles. The molecule has 0 bridgehead atoms. The van der Waals surface area contributed by atoms with E-state index < -0.39 is 61.7 Å². The Morgan fingerprint density at radius 1 is 1.33 bits per heavy atom. The van der Waals surface area contributed by atoms with E-state index in [-0.39, 0.29) is 12.0 Å². The molecule has 2 aliphatic heterocycles. The third-order valence-corrected chi connectivity index (χ3v) is 7.52. The number of phenols is 2. The van der Waals surface area contributed by atoms with Crippen LogP contribution in [0.5, 0.6) is 11.5 Å². The molecule has 27 heavy (non-hydrogen) atoms. The van der Waals surface area contributed by atoms with Gasteiger partial charge < -0.3 is 20.2 Å². The van der Waals surface area contributed by atoms with Gasteiger partial charge in [0.2, 0.25) is 5.91 Å². The lowest BCUT2D eigenvalue weighted by Crippen LogP contribution is -2.57. The Hall–Kier alpha value is -2.95. The normalized spacial score (nSPS) is 28.8. The molecule has 1 aromatic rings. The summed E-state index contributed by atoms with van der Waals surface area (Å²) < 4.78 is 23.4. The summed E-state index contributed by atoms with van der Waals surface area (Å²) in [6.07, 6.45) is 0.617. The summed E-state index contributed by atoms with van der Waals surface area (Å²) in [5.74, 6) is -3.52. The maximum atomic E-state index is 12.7. The maximum Gasteiger partial charge on any atom is 0.328 e. The first-order chi connectivity index (χ1) is 12.5. The highest BCUT2D eigenvalue weighted by molar-refractivity contribution is 7.94. The Morgan fingerprint density at radius 3 is 2.56 bits per heavy atom. The Balaban J connectivity index is 1.86. The van der Waals surface area contributed by atoms with Gasteiger partial charge >= 0.3 is 5.97 Å². The van der Waals surface area contributed by atoms with Gasteiger partial charge in [0.05, 0.1) is 6.42 Å². The van der Waals surface area contributed by atoms with Crippen molar-refractivity contribution in [2.75, 3.05) is 6.54 Å². The van der Waals surface area contributed by atoms with E-state index in [1.807, 2.05) is 0 Å². The number of β-lactam (4-membered cyclic amide) rings is 1. The Kier molecular flexibility index (Phi) is 4.22. The molecule has 2 fully saturated rings. The molecule has 1 amide bonds. The molecule has 0 spiro atoms. The first-order valence-electron chi connectivity index (χ1n) is 7.84. The van der Waals surface area contributed by atoms with Gasteiger partial charge in [0.1, 0.15) is 16.7 Å². The van der Waals surface area contributed by atoms with Crippen molar-refractivity contribution in [1.82, 2.24) is 4.90 Å². The number of hydrogen-bond donors (Lipinski definition) is 3. The van der Waals surface area contributed by atoms with Crippen molar-refractivity contribution in [3.63, 3.8) is 0 Å². The average Bonchev–Trinajstić information content (AvgIpc) is 2.72. The minimum atomic E-state index is -4.04. The fraction of sp³-hybridized carbons (Fsp3) is 0.375. The number of carboxylic acid groups (broad SMARTS) is 1. The van der Waals surface area contributed by atoms with Crippen LogP contribution in [0, 0.1) is 0 Å². The fourth-order valence-corrected chi connectivity index (χ4v) is 5.54. The molecule has 1 aromatic carbocycles. The second-order valence-electron chi connectivity index (χ2n) is 6.53. The van der Waals surface area contributed by atoms with Crippen molar-refractivity contribution in [1.29, 1.82) is 0 Å². The summed E-state index contributed by atoms with van der Waals surface area (Å²) in [5.41, 5.74) is 0.0377. The van der Waals surface area contributed by atoms with Gasteiger partial charge in [0.15, 0.2) is 33.2 Å². The van der Waals surface area contributed by atoms with Crippen LogP contribution in [-0.4, -0.2) is 75.2 Å². The van der Waals surface area contributed by atoms with E-state index in [1.54, 1.807) is 0 Å². The number of phenolic OH excluding ortho intramolecular Hbond substituents is 2. The number of carboxylic acids is 1. The van der Waals surface area contributed by atoms with Gasteiger partial charge in [-0.2, -0.15) is 0 Å². The second kappa shape index (κ2) is 6.05. The van der Waals surface area contributed by atoms with Crippen molar-refractivity contribution < 1.29 is 38.1 Å². The molecule has 11 heteroatoms. The Bertz CT molecular complexity index is 986. The number of carbonyl (C=O) groups is 3. The number of ketones is 1. The molecule has 3 N–H and O–H groups in total. The standard InChI is InChI=1S/C16H16N2O8S/c1-16(7-17-6-11(21)8-2-3-9(19)10(20)4-8)14(15(23)24)18-12(22)5-13(18)27(16,25)26/h2-4,7,13-14,19-20H,5-6H2,1H3,(H,23,24)/t13-,14+,16+/m1/s1. The first kappa shape index (κ1) is 18.8. The molecule has 0 unspecified atom stereocenters. The van der Waals surface area contributed by atoms with Crippen LogP contribution in [0.1, 0.15) is 23.7 Å². The maximum absolute atomic E-state index is 12.7. The number of aliphatic imine (C=N–C) groups is 1. The lowest BCUT2D eigenvalue weighted by molar-refractivity contribution is -0.156. The molecule has 144 valence electrons. The molecule has 0 saturated carbocycles. The topological polar surface area (TPSA) is 162 Å². The summed E-state index contributed by atoms with van der Waals surface area (Å²) in [7, 11) is -4.04. The van der Waals surface area contributed by atoms with Crippen molar-refractivity contribution in [3.8, 4) is 11.5 Å². The number of Topliss-reactive ketones (excluding diaryl/α,β-unsaturated/α-hetero) is 1. The van der Waals surface area contributed by atoms with Gasteiger partial charge in [-0.25, -0.2) is 13.2 Å². The van der Waals surface area contributed by atoms with Crippen molar-refractivity contribution in [2.45, 2.75) is 29.5 Å². The number of benzene rings is 1. The number of hydrogen-bond acceptors (Lipinski definition) is 8. The minimum absolute atomic E-state index is 0.0377. The smallest absolute Gasteiger partial charge is 0.328 e. The van der Waals surface area contributed by atoms with Crippen LogP contribution in [0.3, 0.4) is 0 Å². The van der Waals surface area contributed by atoms with Gasteiger partial charge in [0, 0.05) is 11.8 Å². The molecule has 3 atom stereocenters.